The standard InChI is InChI=1S/C10H13N3/c1-5-9-6-12-10(8(2)3)7-13(9)11-4/h5-7H,2,4H2,1,3H3/b9-5-. The molecule has 0 bridgehead atoms. The van der Waals surface area contributed by atoms with Crippen LogP contribution in [0.4, 0.5) is 0 Å². The highest BCUT2D eigenvalue weighted by Gasteiger charge is 2.09. The molecule has 3 nitrogen and oxygen atoms in total. The highest BCUT2D eigenvalue weighted by atomic mass is 15.4. The van der Waals surface area contributed by atoms with Crippen LogP contribution in [0.1, 0.15) is 13.8 Å². The Bertz CT molecular complexity index is 321. The van der Waals surface area contributed by atoms with Crippen LogP contribution in [0.5, 0.6) is 0 Å². The summed E-state index contributed by atoms with van der Waals surface area (Å²) in [6, 6.07) is 0. The molecule has 0 spiro atoms. The number of nitrogens with zero attached hydrogens (tertiary/aromatic N) is 3. The summed E-state index contributed by atoms with van der Waals surface area (Å²) in [6.07, 6.45) is 5.48. The lowest BCUT2D eigenvalue weighted by Gasteiger charge is -2.19. The van der Waals surface area contributed by atoms with Crippen LogP contribution in [0.25, 0.3) is 0 Å². The molecule has 0 saturated carbocycles. The van der Waals surface area contributed by atoms with Gasteiger partial charge >= 0.3 is 0 Å². The predicted octanol–water partition coefficient (Wildman–Crippen LogP) is 2.31. The van der Waals surface area contributed by atoms with E-state index in [0.717, 1.165) is 17.0 Å². The zero-order valence-electron chi connectivity index (χ0n) is 7.99. The molecule has 13 heavy (non-hydrogen) atoms. The normalized spacial score (nSPS) is 18.8. The Morgan fingerprint density at radius 2 is 2.38 bits per heavy atom. The molecule has 1 aliphatic rings. The summed E-state index contributed by atoms with van der Waals surface area (Å²) in [5.41, 5.74) is 2.66. The van der Waals surface area contributed by atoms with Gasteiger partial charge in [0.25, 0.3) is 0 Å². The molecule has 0 N–H and O–H groups in total. The number of rotatable bonds is 2. The van der Waals surface area contributed by atoms with Gasteiger partial charge in [-0.2, -0.15) is 5.10 Å². The molecule has 0 aromatic rings. The second-order valence-electron chi connectivity index (χ2n) is 2.75. The first-order chi connectivity index (χ1) is 6.19. The average Bonchev–Trinajstić information content (AvgIpc) is 2.16. The summed E-state index contributed by atoms with van der Waals surface area (Å²) in [4.78, 5) is 4.22. The van der Waals surface area contributed by atoms with Crippen LogP contribution in [0.3, 0.4) is 0 Å². The number of hydrogen-bond donors (Lipinski definition) is 0. The van der Waals surface area contributed by atoms with Crippen molar-refractivity contribution in [3.05, 3.63) is 35.8 Å². The Morgan fingerprint density at radius 3 is 2.85 bits per heavy atom. The van der Waals surface area contributed by atoms with Crippen LogP contribution in [0.2, 0.25) is 0 Å². The van der Waals surface area contributed by atoms with Gasteiger partial charge in [-0.05, 0) is 19.4 Å². The topological polar surface area (TPSA) is 28.0 Å². The van der Waals surface area contributed by atoms with E-state index < -0.39 is 0 Å². The maximum absolute atomic E-state index is 4.22. The van der Waals surface area contributed by atoms with Crippen LogP contribution in [0.15, 0.2) is 45.9 Å². The van der Waals surface area contributed by atoms with Crippen molar-refractivity contribution in [2.24, 2.45) is 10.1 Å². The van der Waals surface area contributed by atoms with Gasteiger partial charge in [0.15, 0.2) is 0 Å². The summed E-state index contributed by atoms with van der Waals surface area (Å²) >= 11 is 0. The zero-order chi connectivity index (χ0) is 9.84. The van der Waals surface area contributed by atoms with Crippen molar-refractivity contribution >= 4 is 12.9 Å². The highest BCUT2D eigenvalue weighted by Crippen LogP contribution is 2.17. The monoisotopic (exact) mass is 175 g/mol. The van der Waals surface area contributed by atoms with Gasteiger partial charge in [-0.15, -0.1) is 0 Å². The molecule has 1 heterocycles. The molecule has 3 heteroatoms. The largest absolute Gasteiger partial charge is 0.253 e. The second-order valence-corrected chi connectivity index (χ2v) is 2.75. The van der Waals surface area contributed by atoms with Crippen molar-refractivity contribution in [1.82, 2.24) is 5.01 Å². The molecule has 1 rings (SSSR count). The third-order valence-corrected chi connectivity index (χ3v) is 1.73. The van der Waals surface area contributed by atoms with Crippen molar-refractivity contribution in [2.75, 3.05) is 0 Å². The van der Waals surface area contributed by atoms with Crippen LogP contribution < -0.4 is 0 Å². The van der Waals surface area contributed by atoms with Crippen molar-refractivity contribution in [1.29, 1.82) is 0 Å². The van der Waals surface area contributed by atoms with E-state index >= 15 is 0 Å². The summed E-state index contributed by atoms with van der Waals surface area (Å²) < 4.78 is 0. The fourth-order valence-electron chi connectivity index (χ4n) is 0.968. The molecule has 0 radical (unpaired) electrons. The molecule has 0 aromatic heterocycles. The summed E-state index contributed by atoms with van der Waals surface area (Å²) in [6.45, 7) is 11.1. The Hall–Kier alpha value is -1.64. The van der Waals surface area contributed by atoms with Crippen molar-refractivity contribution in [3.8, 4) is 0 Å². The van der Waals surface area contributed by atoms with E-state index in [1.54, 1.807) is 11.2 Å². The summed E-state index contributed by atoms with van der Waals surface area (Å²) in [5, 5.41) is 5.52. The third kappa shape index (κ3) is 1.93. The van der Waals surface area contributed by atoms with Crippen LogP contribution in [0, 0.1) is 0 Å². The van der Waals surface area contributed by atoms with Gasteiger partial charge in [0.05, 0.1) is 23.8 Å². The Morgan fingerprint density at radius 1 is 1.69 bits per heavy atom. The van der Waals surface area contributed by atoms with Gasteiger partial charge < -0.3 is 0 Å². The average molecular weight is 175 g/mol. The van der Waals surface area contributed by atoms with Crippen molar-refractivity contribution in [2.45, 2.75) is 13.8 Å². The molecule has 68 valence electrons. The molecule has 0 unspecified atom stereocenters. The molecule has 0 saturated heterocycles. The Kier molecular flexibility index (Phi) is 2.80. The lowest BCUT2D eigenvalue weighted by atomic mass is 10.2. The molecule has 0 amide bonds. The SMILES string of the molecule is C=NN1C=C(C(=C)C)N=C/C1=C/C. The maximum atomic E-state index is 4.22. The van der Waals surface area contributed by atoms with Crippen LogP contribution >= 0.6 is 0 Å². The number of allylic oxidation sites excluding steroid dienone is 3. The molecule has 0 fully saturated rings. The Balaban J connectivity index is 2.99. The molecule has 0 aromatic carbocycles. The van der Waals surface area contributed by atoms with E-state index in [-0.39, 0.29) is 0 Å². The van der Waals surface area contributed by atoms with E-state index in [9.17, 15) is 0 Å². The van der Waals surface area contributed by atoms with E-state index in [4.69, 9.17) is 0 Å². The quantitative estimate of drug-likeness (QED) is 0.592. The minimum atomic E-state index is 0.831. The minimum absolute atomic E-state index is 0.831. The van der Waals surface area contributed by atoms with Gasteiger partial charge in [-0.1, -0.05) is 12.7 Å². The highest BCUT2D eigenvalue weighted by molar-refractivity contribution is 5.80. The molecular formula is C10H13N3. The lowest BCUT2D eigenvalue weighted by molar-refractivity contribution is 0.519. The lowest BCUT2D eigenvalue weighted by Crippen LogP contribution is -2.14. The molecule has 0 atom stereocenters. The smallest absolute Gasteiger partial charge is 0.0837 e. The first-order valence-corrected chi connectivity index (χ1v) is 4.03. The fourth-order valence-corrected chi connectivity index (χ4v) is 0.968. The zero-order valence-corrected chi connectivity index (χ0v) is 7.99. The van der Waals surface area contributed by atoms with Gasteiger partial charge in [0.1, 0.15) is 0 Å². The van der Waals surface area contributed by atoms with Gasteiger partial charge in [-0.3, -0.25) is 4.99 Å². The third-order valence-electron chi connectivity index (χ3n) is 1.73. The van der Waals surface area contributed by atoms with Crippen molar-refractivity contribution in [3.63, 3.8) is 0 Å². The maximum Gasteiger partial charge on any atom is 0.0837 e. The first-order valence-electron chi connectivity index (χ1n) is 4.03. The Labute approximate surface area is 78.5 Å². The van der Waals surface area contributed by atoms with Gasteiger partial charge in [-0.25, -0.2) is 5.01 Å². The first kappa shape index (κ1) is 9.45. The van der Waals surface area contributed by atoms with E-state index in [1.807, 2.05) is 26.1 Å². The van der Waals surface area contributed by atoms with E-state index in [1.165, 1.54) is 0 Å². The fraction of sp³-hybridized carbons (Fsp3) is 0.200. The number of aliphatic imine (C=N–C) groups is 1. The van der Waals surface area contributed by atoms with E-state index in [0.29, 0.717) is 0 Å². The summed E-state index contributed by atoms with van der Waals surface area (Å²) in [5.74, 6) is 0. The minimum Gasteiger partial charge on any atom is -0.253 e. The molecule has 0 aliphatic carbocycles. The molecule has 1 aliphatic heterocycles. The molecular weight excluding hydrogens is 162 g/mol. The number of hydrogen-bond acceptors (Lipinski definition) is 3. The van der Waals surface area contributed by atoms with Crippen LogP contribution in [-0.4, -0.2) is 17.9 Å². The predicted molar refractivity (Wildman–Crippen MR) is 56.5 cm³/mol. The second kappa shape index (κ2) is 3.85. The van der Waals surface area contributed by atoms with E-state index in [2.05, 4.69) is 23.4 Å². The number of hydrazone groups is 1. The van der Waals surface area contributed by atoms with Gasteiger partial charge in [0.2, 0.25) is 0 Å². The summed E-state index contributed by atoms with van der Waals surface area (Å²) in [7, 11) is 0. The van der Waals surface area contributed by atoms with Gasteiger partial charge in [0, 0.05) is 6.72 Å². The van der Waals surface area contributed by atoms with Crippen molar-refractivity contribution < 1.29 is 0 Å². The van der Waals surface area contributed by atoms with Crippen LogP contribution in [-0.2, 0) is 0 Å².